The van der Waals surface area contributed by atoms with Gasteiger partial charge in [-0.1, -0.05) is 6.42 Å². The van der Waals surface area contributed by atoms with Crippen molar-refractivity contribution >= 4 is 15.8 Å². The molecule has 0 aromatic heterocycles. The predicted octanol–water partition coefficient (Wildman–Crippen LogP) is 2.09. The van der Waals surface area contributed by atoms with Crippen LogP contribution in [0.25, 0.3) is 0 Å². The van der Waals surface area contributed by atoms with Gasteiger partial charge in [-0.15, -0.1) is 0 Å². The number of aliphatic carboxylic acids is 1. The third kappa shape index (κ3) is 2.20. The molecule has 3 aliphatic carbocycles. The van der Waals surface area contributed by atoms with Crippen LogP contribution in [0.5, 0.6) is 0 Å². The van der Waals surface area contributed by atoms with Crippen LogP contribution < -0.4 is 0 Å². The Kier molecular flexibility index (Phi) is 2.97. The Bertz CT molecular complexity index is 486. The summed E-state index contributed by atoms with van der Waals surface area (Å²) in [5.74, 6) is 0.592. The molecule has 0 bridgehead atoms. The van der Waals surface area contributed by atoms with Crippen LogP contribution in [0, 0.1) is 23.2 Å². The van der Waals surface area contributed by atoms with E-state index in [1.807, 2.05) is 0 Å². The SMILES string of the molecule is CS(=O)(=O)C1CCCC(C2(C(=O)O)CC3CC3C2)C1. The summed E-state index contributed by atoms with van der Waals surface area (Å²) in [6.07, 6.45) is 7.06. The Morgan fingerprint density at radius 2 is 1.79 bits per heavy atom. The number of carboxylic acid groups (broad SMARTS) is 1. The fourth-order valence-corrected chi connectivity index (χ4v) is 5.72. The molecule has 4 nitrogen and oxygen atoms in total. The van der Waals surface area contributed by atoms with E-state index in [1.54, 1.807) is 0 Å². The third-order valence-electron chi connectivity index (χ3n) is 5.76. The summed E-state index contributed by atoms with van der Waals surface area (Å²) >= 11 is 0. The quantitative estimate of drug-likeness (QED) is 0.862. The van der Waals surface area contributed by atoms with Crippen molar-refractivity contribution in [2.75, 3.05) is 6.26 Å². The molecule has 3 rings (SSSR count). The summed E-state index contributed by atoms with van der Waals surface area (Å²) in [6.45, 7) is 0. The van der Waals surface area contributed by atoms with Gasteiger partial charge in [-0.3, -0.25) is 4.79 Å². The summed E-state index contributed by atoms with van der Waals surface area (Å²) in [6, 6.07) is 0. The Morgan fingerprint density at radius 3 is 2.32 bits per heavy atom. The summed E-state index contributed by atoms with van der Waals surface area (Å²) in [5, 5.41) is 9.37. The summed E-state index contributed by atoms with van der Waals surface area (Å²) in [4.78, 5) is 11.8. The third-order valence-corrected chi connectivity index (χ3v) is 7.40. The highest BCUT2D eigenvalue weighted by atomic mass is 32.2. The van der Waals surface area contributed by atoms with Crippen LogP contribution in [-0.4, -0.2) is 31.0 Å². The fraction of sp³-hybridized carbons (Fsp3) is 0.929. The molecule has 108 valence electrons. The molecule has 0 spiro atoms. The minimum atomic E-state index is -3.04. The van der Waals surface area contributed by atoms with Gasteiger partial charge in [0.05, 0.1) is 10.7 Å². The van der Waals surface area contributed by atoms with Gasteiger partial charge in [-0.05, 0) is 56.3 Å². The maximum atomic E-state index is 11.8. The Labute approximate surface area is 114 Å². The number of hydrogen-bond acceptors (Lipinski definition) is 3. The minimum absolute atomic E-state index is 0.0614. The van der Waals surface area contributed by atoms with Crippen molar-refractivity contribution in [2.45, 2.75) is 50.2 Å². The van der Waals surface area contributed by atoms with Gasteiger partial charge in [0.2, 0.25) is 0 Å². The molecule has 0 saturated heterocycles. The van der Waals surface area contributed by atoms with Crippen LogP contribution in [-0.2, 0) is 14.6 Å². The van der Waals surface area contributed by atoms with Gasteiger partial charge in [0.25, 0.3) is 0 Å². The lowest BCUT2D eigenvalue weighted by Gasteiger charge is -2.39. The van der Waals surface area contributed by atoms with E-state index in [0.29, 0.717) is 24.7 Å². The zero-order valence-corrected chi connectivity index (χ0v) is 12.2. The average molecular weight is 286 g/mol. The maximum Gasteiger partial charge on any atom is 0.309 e. The molecule has 0 aliphatic heterocycles. The first-order chi connectivity index (χ1) is 8.83. The van der Waals surface area contributed by atoms with Gasteiger partial charge in [0.1, 0.15) is 9.84 Å². The maximum absolute atomic E-state index is 11.8. The number of fused-ring (bicyclic) bond motifs is 1. The van der Waals surface area contributed by atoms with E-state index in [4.69, 9.17) is 0 Å². The number of carbonyl (C=O) groups is 1. The molecule has 4 atom stereocenters. The van der Waals surface area contributed by atoms with Gasteiger partial charge in [-0.25, -0.2) is 8.42 Å². The van der Waals surface area contributed by atoms with Crippen LogP contribution >= 0.6 is 0 Å². The van der Waals surface area contributed by atoms with E-state index in [1.165, 1.54) is 12.7 Å². The largest absolute Gasteiger partial charge is 0.481 e. The Morgan fingerprint density at radius 1 is 1.16 bits per heavy atom. The predicted molar refractivity (Wildman–Crippen MR) is 71.5 cm³/mol. The number of rotatable bonds is 3. The molecule has 3 aliphatic rings. The minimum Gasteiger partial charge on any atom is -0.481 e. The second-order valence-corrected chi connectivity index (χ2v) is 9.27. The summed E-state index contributed by atoms with van der Waals surface area (Å²) < 4.78 is 23.5. The van der Waals surface area contributed by atoms with Crippen LogP contribution in [0.4, 0.5) is 0 Å². The second-order valence-electron chi connectivity index (χ2n) is 6.94. The van der Waals surface area contributed by atoms with Crippen molar-refractivity contribution in [3.63, 3.8) is 0 Å². The number of carboxylic acids is 1. The van der Waals surface area contributed by atoms with E-state index in [9.17, 15) is 18.3 Å². The van der Waals surface area contributed by atoms with Crippen LogP contribution in [0.2, 0.25) is 0 Å². The molecule has 19 heavy (non-hydrogen) atoms. The molecular formula is C14H22O4S. The highest BCUT2D eigenvalue weighted by Crippen LogP contribution is 2.64. The van der Waals surface area contributed by atoms with Gasteiger partial charge in [0, 0.05) is 6.26 Å². The van der Waals surface area contributed by atoms with Gasteiger partial charge in [-0.2, -0.15) is 0 Å². The Balaban J connectivity index is 1.82. The Hall–Kier alpha value is -0.580. The van der Waals surface area contributed by atoms with E-state index in [-0.39, 0.29) is 11.2 Å². The molecular weight excluding hydrogens is 264 g/mol. The lowest BCUT2D eigenvalue weighted by Crippen LogP contribution is -2.42. The number of hydrogen-bond donors (Lipinski definition) is 1. The molecule has 4 unspecified atom stereocenters. The van der Waals surface area contributed by atoms with Crippen molar-refractivity contribution in [1.82, 2.24) is 0 Å². The smallest absolute Gasteiger partial charge is 0.309 e. The lowest BCUT2D eigenvalue weighted by atomic mass is 9.66. The molecule has 0 heterocycles. The first-order valence-corrected chi connectivity index (χ1v) is 9.20. The summed E-state index contributed by atoms with van der Waals surface area (Å²) in [7, 11) is -3.04. The highest BCUT2D eigenvalue weighted by Gasteiger charge is 2.61. The molecule has 5 heteroatoms. The highest BCUT2D eigenvalue weighted by molar-refractivity contribution is 7.91. The molecule has 3 saturated carbocycles. The molecule has 1 N–H and O–H groups in total. The first-order valence-electron chi connectivity index (χ1n) is 7.25. The van der Waals surface area contributed by atoms with Crippen molar-refractivity contribution in [1.29, 1.82) is 0 Å². The van der Waals surface area contributed by atoms with Crippen LogP contribution in [0.15, 0.2) is 0 Å². The standard InChI is InChI=1S/C14H22O4S/c1-19(17,18)12-4-2-3-11(6-12)14(13(15)16)7-9-5-10(9)8-14/h9-12H,2-8H2,1H3,(H,15,16). The first kappa shape index (κ1) is 13.4. The van der Waals surface area contributed by atoms with Crippen LogP contribution in [0.3, 0.4) is 0 Å². The van der Waals surface area contributed by atoms with Crippen molar-refractivity contribution < 1.29 is 18.3 Å². The van der Waals surface area contributed by atoms with Crippen LogP contribution in [0.1, 0.15) is 44.9 Å². The fourth-order valence-electron chi connectivity index (χ4n) is 4.55. The van der Waals surface area contributed by atoms with Gasteiger partial charge in [0.15, 0.2) is 0 Å². The zero-order valence-electron chi connectivity index (χ0n) is 11.3. The number of sulfone groups is 1. The average Bonchev–Trinajstić information content (AvgIpc) is 2.95. The van der Waals surface area contributed by atoms with E-state index >= 15 is 0 Å². The molecule has 0 amide bonds. The molecule has 0 aromatic carbocycles. The van der Waals surface area contributed by atoms with E-state index in [2.05, 4.69) is 0 Å². The lowest BCUT2D eigenvalue weighted by molar-refractivity contribution is -0.154. The second kappa shape index (κ2) is 4.21. The van der Waals surface area contributed by atoms with Crippen molar-refractivity contribution in [2.24, 2.45) is 23.2 Å². The zero-order chi connectivity index (χ0) is 13.8. The van der Waals surface area contributed by atoms with Crippen molar-refractivity contribution in [3.05, 3.63) is 0 Å². The molecule has 0 aromatic rings. The topological polar surface area (TPSA) is 71.4 Å². The van der Waals surface area contributed by atoms with Gasteiger partial charge < -0.3 is 5.11 Å². The summed E-state index contributed by atoms with van der Waals surface area (Å²) in [5.41, 5.74) is -0.614. The van der Waals surface area contributed by atoms with E-state index < -0.39 is 21.2 Å². The van der Waals surface area contributed by atoms with E-state index in [0.717, 1.165) is 25.7 Å². The van der Waals surface area contributed by atoms with Crippen molar-refractivity contribution in [3.8, 4) is 0 Å². The normalized spacial score (nSPS) is 45.7. The molecule has 0 radical (unpaired) electrons. The molecule has 3 fully saturated rings. The monoisotopic (exact) mass is 286 g/mol. The van der Waals surface area contributed by atoms with Gasteiger partial charge >= 0.3 is 5.97 Å².